The van der Waals surface area contributed by atoms with Gasteiger partial charge < -0.3 is 0 Å². The van der Waals surface area contributed by atoms with E-state index in [1.54, 1.807) is 0 Å². The summed E-state index contributed by atoms with van der Waals surface area (Å²) in [5, 5.41) is 0. The van der Waals surface area contributed by atoms with E-state index in [0.717, 1.165) is 19.5 Å². The molecule has 1 aromatic heterocycles. The van der Waals surface area contributed by atoms with Crippen molar-refractivity contribution in [3.8, 4) is 0 Å². The van der Waals surface area contributed by atoms with Gasteiger partial charge in [0.15, 0.2) is 0 Å². The predicted molar refractivity (Wildman–Crippen MR) is 125 cm³/mol. The SMILES string of the molecule is CCCCCCCCCCCCC[n+]1ccn(CCCC)c1Cc1ccccc1. The van der Waals surface area contributed by atoms with Crippen LogP contribution in [-0.2, 0) is 19.5 Å². The van der Waals surface area contributed by atoms with E-state index in [9.17, 15) is 0 Å². The van der Waals surface area contributed by atoms with E-state index in [2.05, 4.69) is 65.7 Å². The van der Waals surface area contributed by atoms with Crippen LogP contribution in [0.15, 0.2) is 42.7 Å². The second-order valence-corrected chi connectivity index (χ2v) is 8.65. The summed E-state index contributed by atoms with van der Waals surface area (Å²) < 4.78 is 4.99. The van der Waals surface area contributed by atoms with Crippen molar-refractivity contribution in [3.63, 3.8) is 0 Å². The van der Waals surface area contributed by atoms with Gasteiger partial charge in [-0.2, -0.15) is 0 Å². The minimum atomic E-state index is 1.04. The molecule has 0 bridgehead atoms. The summed E-state index contributed by atoms with van der Waals surface area (Å²) in [6.07, 6.45) is 23.7. The zero-order chi connectivity index (χ0) is 20.6. The minimum absolute atomic E-state index is 1.04. The number of aromatic nitrogens is 2. The van der Waals surface area contributed by atoms with Gasteiger partial charge in [0.2, 0.25) is 0 Å². The zero-order valence-electron chi connectivity index (χ0n) is 19.2. The number of hydrogen-bond acceptors (Lipinski definition) is 0. The molecule has 0 unspecified atom stereocenters. The molecular weight excluding hydrogens is 352 g/mol. The fourth-order valence-corrected chi connectivity index (χ4v) is 4.16. The van der Waals surface area contributed by atoms with Crippen molar-refractivity contribution in [3.05, 3.63) is 54.1 Å². The molecule has 0 radical (unpaired) electrons. The van der Waals surface area contributed by atoms with E-state index in [0.29, 0.717) is 0 Å². The van der Waals surface area contributed by atoms with Crippen LogP contribution in [0.4, 0.5) is 0 Å². The third-order valence-electron chi connectivity index (χ3n) is 6.05. The molecule has 1 aromatic carbocycles. The second-order valence-electron chi connectivity index (χ2n) is 8.65. The molecule has 1 heterocycles. The molecule has 2 heteroatoms. The van der Waals surface area contributed by atoms with Crippen LogP contribution in [0.25, 0.3) is 0 Å². The highest BCUT2D eigenvalue weighted by atomic mass is 15.1. The topological polar surface area (TPSA) is 8.81 Å². The normalized spacial score (nSPS) is 11.2. The monoisotopic (exact) mass is 397 g/mol. The molecule has 0 aliphatic rings. The van der Waals surface area contributed by atoms with E-state index in [1.165, 1.54) is 94.9 Å². The van der Waals surface area contributed by atoms with Crippen LogP contribution in [0.1, 0.15) is 109 Å². The Morgan fingerprint density at radius 1 is 0.690 bits per heavy atom. The lowest BCUT2D eigenvalue weighted by Gasteiger charge is -2.06. The van der Waals surface area contributed by atoms with Gasteiger partial charge in [0.05, 0.1) is 19.5 Å². The van der Waals surface area contributed by atoms with Crippen molar-refractivity contribution in [2.24, 2.45) is 0 Å². The van der Waals surface area contributed by atoms with Gasteiger partial charge in [-0.1, -0.05) is 108 Å². The van der Waals surface area contributed by atoms with Crippen molar-refractivity contribution in [1.82, 2.24) is 4.57 Å². The number of nitrogens with zero attached hydrogens (tertiary/aromatic N) is 2. The summed E-state index contributed by atoms with van der Waals surface area (Å²) in [4.78, 5) is 0. The van der Waals surface area contributed by atoms with Gasteiger partial charge in [-0.05, 0) is 24.8 Å². The molecule has 0 fully saturated rings. The Hall–Kier alpha value is -1.57. The molecular formula is C27H45N2+. The van der Waals surface area contributed by atoms with E-state index < -0.39 is 0 Å². The molecule has 162 valence electrons. The first-order valence-electron chi connectivity index (χ1n) is 12.5. The lowest BCUT2D eigenvalue weighted by atomic mass is 10.1. The summed E-state index contributed by atoms with van der Waals surface area (Å²) in [6, 6.07) is 10.9. The quantitative estimate of drug-likeness (QED) is 0.193. The first-order valence-corrected chi connectivity index (χ1v) is 12.5. The Kier molecular flexibility index (Phi) is 12.5. The molecule has 2 aromatic rings. The van der Waals surface area contributed by atoms with Gasteiger partial charge in [0.1, 0.15) is 12.4 Å². The van der Waals surface area contributed by atoms with Gasteiger partial charge >= 0.3 is 0 Å². The Morgan fingerprint density at radius 3 is 1.90 bits per heavy atom. The molecule has 0 N–H and O–H groups in total. The largest absolute Gasteiger partial charge is 0.260 e. The molecule has 2 rings (SSSR count). The second kappa shape index (κ2) is 15.3. The van der Waals surface area contributed by atoms with Crippen LogP contribution in [0.3, 0.4) is 0 Å². The molecule has 0 spiro atoms. The summed E-state index contributed by atoms with van der Waals surface area (Å²) in [5.41, 5.74) is 1.41. The van der Waals surface area contributed by atoms with Crippen LogP contribution in [0.2, 0.25) is 0 Å². The zero-order valence-corrected chi connectivity index (χ0v) is 19.2. The third-order valence-corrected chi connectivity index (χ3v) is 6.05. The average molecular weight is 398 g/mol. The molecule has 0 saturated heterocycles. The Bertz CT molecular complexity index is 629. The molecule has 0 amide bonds. The lowest BCUT2D eigenvalue weighted by molar-refractivity contribution is -0.703. The summed E-state index contributed by atoms with van der Waals surface area (Å²) in [5.74, 6) is 1.47. The van der Waals surface area contributed by atoms with E-state index in [1.807, 2.05) is 0 Å². The van der Waals surface area contributed by atoms with Crippen LogP contribution < -0.4 is 4.57 Å². The van der Waals surface area contributed by atoms with Crippen molar-refractivity contribution < 1.29 is 4.57 Å². The highest BCUT2D eigenvalue weighted by Gasteiger charge is 2.17. The van der Waals surface area contributed by atoms with Crippen molar-refractivity contribution in [1.29, 1.82) is 0 Å². The molecule has 0 aliphatic heterocycles. The number of hydrogen-bond donors (Lipinski definition) is 0. The van der Waals surface area contributed by atoms with E-state index in [-0.39, 0.29) is 0 Å². The number of benzene rings is 1. The van der Waals surface area contributed by atoms with Gasteiger partial charge in [-0.3, -0.25) is 0 Å². The van der Waals surface area contributed by atoms with Crippen molar-refractivity contribution in [2.75, 3.05) is 0 Å². The molecule has 0 saturated carbocycles. The lowest BCUT2D eigenvalue weighted by Crippen LogP contribution is -2.37. The van der Waals surface area contributed by atoms with Crippen molar-refractivity contribution in [2.45, 2.75) is 117 Å². The predicted octanol–water partition coefficient (Wildman–Crippen LogP) is 7.48. The van der Waals surface area contributed by atoms with E-state index in [4.69, 9.17) is 0 Å². The van der Waals surface area contributed by atoms with Crippen LogP contribution >= 0.6 is 0 Å². The smallest absolute Gasteiger partial charge is 0.234 e. The average Bonchev–Trinajstić information content (AvgIpc) is 3.12. The maximum Gasteiger partial charge on any atom is 0.260 e. The van der Waals surface area contributed by atoms with E-state index >= 15 is 0 Å². The fourth-order valence-electron chi connectivity index (χ4n) is 4.16. The Morgan fingerprint density at radius 2 is 1.28 bits per heavy atom. The highest BCUT2D eigenvalue weighted by Crippen LogP contribution is 2.12. The first kappa shape index (κ1) is 23.7. The van der Waals surface area contributed by atoms with Crippen molar-refractivity contribution >= 4 is 0 Å². The minimum Gasteiger partial charge on any atom is -0.234 e. The maximum atomic E-state index is 2.51. The van der Waals surface area contributed by atoms with Gasteiger partial charge in [0, 0.05) is 0 Å². The van der Waals surface area contributed by atoms with Gasteiger partial charge in [0.25, 0.3) is 5.82 Å². The molecule has 0 atom stereocenters. The molecule has 0 aliphatic carbocycles. The van der Waals surface area contributed by atoms with Gasteiger partial charge in [-0.15, -0.1) is 0 Å². The van der Waals surface area contributed by atoms with Crippen LogP contribution in [0.5, 0.6) is 0 Å². The molecule has 2 nitrogen and oxygen atoms in total. The molecule has 29 heavy (non-hydrogen) atoms. The highest BCUT2D eigenvalue weighted by molar-refractivity contribution is 5.18. The Balaban J connectivity index is 1.70. The third kappa shape index (κ3) is 9.65. The van der Waals surface area contributed by atoms with Crippen LogP contribution in [-0.4, -0.2) is 4.57 Å². The number of rotatable bonds is 17. The summed E-state index contributed by atoms with van der Waals surface area (Å²) in [7, 11) is 0. The van der Waals surface area contributed by atoms with Crippen LogP contribution in [0, 0.1) is 0 Å². The summed E-state index contributed by atoms with van der Waals surface area (Å²) >= 11 is 0. The maximum absolute atomic E-state index is 2.51. The number of imidazole rings is 1. The standard InChI is InChI=1S/C27H45N2/c1-3-5-7-8-9-10-11-12-13-14-18-22-29-24-23-28(21-6-4-2)27(29)25-26-19-16-15-17-20-26/h15-17,19-20,23-24H,3-14,18,21-22,25H2,1-2H3/q+1. The fraction of sp³-hybridized carbons (Fsp3) is 0.667. The van der Waals surface area contributed by atoms with Gasteiger partial charge in [-0.25, -0.2) is 9.13 Å². The first-order chi connectivity index (χ1) is 14.3. The number of aryl methyl sites for hydroxylation is 2. The Labute approximate surface area is 180 Å². The number of unbranched alkanes of at least 4 members (excludes halogenated alkanes) is 11. The summed E-state index contributed by atoms with van der Waals surface area (Å²) in [6.45, 7) is 6.88.